The zero-order valence-electron chi connectivity index (χ0n) is 16.5. The van der Waals surface area contributed by atoms with Crippen LogP contribution >= 0.6 is 0 Å². The van der Waals surface area contributed by atoms with Crippen molar-refractivity contribution in [2.24, 2.45) is 7.05 Å². The van der Waals surface area contributed by atoms with Gasteiger partial charge in [-0.05, 0) is 37.3 Å². The number of carbonyl (C=O) groups excluding carboxylic acids is 1. The van der Waals surface area contributed by atoms with Gasteiger partial charge in [0.05, 0.1) is 23.2 Å². The highest BCUT2D eigenvalue weighted by atomic mass is 19.4. The molecule has 2 aromatic heterocycles. The van der Waals surface area contributed by atoms with E-state index >= 15 is 0 Å². The van der Waals surface area contributed by atoms with Crippen molar-refractivity contribution in [2.75, 3.05) is 18.5 Å². The van der Waals surface area contributed by atoms with Gasteiger partial charge in [-0.25, -0.2) is 9.78 Å². The number of rotatable bonds is 6. The molecule has 11 heteroatoms. The highest BCUT2D eigenvalue weighted by Gasteiger charge is 2.28. The summed E-state index contributed by atoms with van der Waals surface area (Å²) in [6.45, 7) is 0.600. The molecule has 0 spiro atoms. The second-order valence-corrected chi connectivity index (χ2v) is 6.60. The summed E-state index contributed by atoms with van der Waals surface area (Å²) in [7, 11) is 1.77. The van der Waals surface area contributed by atoms with Crippen molar-refractivity contribution in [3.63, 3.8) is 0 Å². The summed E-state index contributed by atoms with van der Waals surface area (Å²) in [5, 5.41) is 2.94. The maximum Gasteiger partial charge on any atom is 0.422 e. The quantitative estimate of drug-likeness (QED) is 0.444. The first-order valence-corrected chi connectivity index (χ1v) is 9.24. The molecule has 0 unspecified atom stereocenters. The van der Waals surface area contributed by atoms with E-state index in [1.807, 2.05) is 0 Å². The van der Waals surface area contributed by atoms with Gasteiger partial charge in [0.2, 0.25) is 5.95 Å². The van der Waals surface area contributed by atoms with E-state index in [4.69, 9.17) is 13.9 Å². The fourth-order valence-corrected chi connectivity index (χ4v) is 2.96. The molecule has 8 nitrogen and oxygen atoms in total. The molecule has 4 rings (SSSR count). The number of ether oxygens (including phenoxy) is 2. The molecule has 0 aliphatic carbocycles. The van der Waals surface area contributed by atoms with Crippen molar-refractivity contribution in [3.8, 4) is 5.75 Å². The number of alkyl halides is 3. The third kappa shape index (κ3) is 4.39. The molecule has 0 fully saturated rings. The molecule has 0 aliphatic heterocycles. The Kier molecular flexibility index (Phi) is 5.17. The first-order valence-electron chi connectivity index (χ1n) is 9.24. The lowest BCUT2D eigenvalue weighted by Crippen LogP contribution is -2.19. The van der Waals surface area contributed by atoms with E-state index in [9.17, 15) is 18.0 Å². The molecule has 162 valence electrons. The largest absolute Gasteiger partial charge is 0.484 e. The van der Waals surface area contributed by atoms with Crippen LogP contribution in [0.3, 0.4) is 0 Å². The van der Waals surface area contributed by atoms with Crippen molar-refractivity contribution in [3.05, 3.63) is 42.0 Å². The predicted molar refractivity (Wildman–Crippen MR) is 106 cm³/mol. The van der Waals surface area contributed by atoms with E-state index in [1.54, 1.807) is 36.7 Å². The number of esters is 1. The van der Waals surface area contributed by atoms with Crippen LogP contribution in [0, 0.1) is 0 Å². The van der Waals surface area contributed by atoms with E-state index in [-0.39, 0.29) is 24.0 Å². The van der Waals surface area contributed by atoms with Gasteiger partial charge in [0.15, 0.2) is 12.2 Å². The van der Waals surface area contributed by atoms with E-state index in [2.05, 4.69) is 15.3 Å². The molecular weight excluding hydrogens is 417 g/mol. The smallest absolute Gasteiger partial charge is 0.422 e. The third-order valence-corrected chi connectivity index (χ3v) is 4.37. The number of hydrogen-bond acceptors (Lipinski definition) is 7. The van der Waals surface area contributed by atoms with Crippen LogP contribution in [0.15, 0.2) is 40.8 Å². The summed E-state index contributed by atoms with van der Waals surface area (Å²) in [5.74, 6) is -0.0232. The Bertz CT molecular complexity index is 1260. The summed E-state index contributed by atoms with van der Waals surface area (Å²) in [6, 6.07) is 9.33. The lowest BCUT2D eigenvalue weighted by atomic mass is 10.2. The Morgan fingerprint density at radius 1 is 1.16 bits per heavy atom. The number of benzene rings is 2. The maximum absolute atomic E-state index is 12.3. The highest BCUT2D eigenvalue weighted by molar-refractivity contribution is 5.94. The Hall–Kier alpha value is -3.76. The average molecular weight is 434 g/mol. The van der Waals surface area contributed by atoms with Crippen molar-refractivity contribution >= 4 is 40.1 Å². The van der Waals surface area contributed by atoms with E-state index < -0.39 is 18.8 Å². The van der Waals surface area contributed by atoms with Crippen molar-refractivity contribution in [1.29, 1.82) is 0 Å². The van der Waals surface area contributed by atoms with E-state index in [1.165, 1.54) is 18.2 Å². The normalized spacial score (nSPS) is 11.8. The topological polar surface area (TPSA) is 91.4 Å². The number of halogens is 3. The molecular formula is C20H17F3N4O4. The van der Waals surface area contributed by atoms with Crippen LogP contribution in [-0.2, 0) is 11.8 Å². The van der Waals surface area contributed by atoms with Crippen molar-refractivity contribution in [1.82, 2.24) is 14.5 Å². The SMILES string of the molecule is CCOC(=O)c1ccc2c(c1)nc(Nc1nc3ccc(OCC(F)(F)F)cc3o1)n2C. The van der Waals surface area contributed by atoms with Gasteiger partial charge >= 0.3 is 18.2 Å². The minimum absolute atomic E-state index is 0.0155. The zero-order chi connectivity index (χ0) is 22.2. The molecule has 0 amide bonds. The average Bonchev–Trinajstić information content (AvgIpc) is 3.25. The summed E-state index contributed by atoms with van der Waals surface area (Å²) >= 11 is 0. The van der Waals surface area contributed by atoms with Crippen LogP contribution in [0.2, 0.25) is 0 Å². The molecule has 0 bridgehead atoms. The zero-order valence-corrected chi connectivity index (χ0v) is 16.5. The first kappa shape index (κ1) is 20.5. The summed E-state index contributed by atoms with van der Waals surface area (Å²) < 4.78 is 54.0. The number of fused-ring (bicyclic) bond motifs is 2. The number of imidazole rings is 1. The van der Waals surface area contributed by atoms with Crippen LogP contribution < -0.4 is 10.1 Å². The monoisotopic (exact) mass is 434 g/mol. The third-order valence-electron chi connectivity index (χ3n) is 4.37. The molecule has 31 heavy (non-hydrogen) atoms. The van der Waals surface area contributed by atoms with Gasteiger partial charge in [0, 0.05) is 13.1 Å². The van der Waals surface area contributed by atoms with Gasteiger partial charge in [-0.3, -0.25) is 5.32 Å². The molecule has 4 aromatic rings. The number of aromatic nitrogens is 3. The van der Waals surface area contributed by atoms with Gasteiger partial charge in [0.25, 0.3) is 0 Å². The van der Waals surface area contributed by atoms with E-state index in [0.29, 0.717) is 22.5 Å². The maximum atomic E-state index is 12.3. The summed E-state index contributed by atoms with van der Waals surface area (Å²) in [6.07, 6.45) is -4.43. The molecule has 0 aliphatic rings. The molecule has 0 saturated carbocycles. The molecule has 0 atom stereocenters. The fraction of sp³-hybridized carbons (Fsp3) is 0.250. The Labute approximate surface area is 173 Å². The number of anilines is 2. The first-order chi connectivity index (χ1) is 14.7. The standard InChI is InChI=1S/C20H17F3N4O4/c1-3-29-17(28)11-4-7-15-14(8-11)24-18(27(15)2)26-19-25-13-6-5-12(9-16(13)31-19)30-10-20(21,22)23/h4-9H,3,10H2,1-2H3,(H,24,25,26). The van der Waals surface area contributed by atoms with Crippen LogP contribution in [-0.4, -0.2) is 39.9 Å². The number of carbonyl (C=O) groups is 1. The number of aryl methyl sites for hydroxylation is 1. The minimum atomic E-state index is -4.43. The highest BCUT2D eigenvalue weighted by Crippen LogP contribution is 2.28. The molecule has 0 saturated heterocycles. The van der Waals surface area contributed by atoms with Crippen LogP contribution in [0.4, 0.5) is 25.1 Å². The minimum Gasteiger partial charge on any atom is -0.484 e. The Balaban J connectivity index is 1.58. The molecule has 2 aromatic carbocycles. The molecule has 1 N–H and O–H groups in total. The number of hydrogen-bond donors (Lipinski definition) is 1. The van der Waals surface area contributed by atoms with Gasteiger partial charge in [-0.1, -0.05) is 0 Å². The molecule has 0 radical (unpaired) electrons. The van der Waals surface area contributed by atoms with Crippen LogP contribution in [0.5, 0.6) is 5.75 Å². The van der Waals surface area contributed by atoms with Crippen molar-refractivity contribution in [2.45, 2.75) is 13.1 Å². The predicted octanol–water partition coefficient (Wildman–Crippen LogP) is 4.58. The second kappa shape index (κ2) is 7.82. The van der Waals surface area contributed by atoms with E-state index in [0.717, 1.165) is 5.52 Å². The van der Waals surface area contributed by atoms with Crippen LogP contribution in [0.25, 0.3) is 22.1 Å². The van der Waals surface area contributed by atoms with Crippen molar-refractivity contribution < 1.29 is 31.9 Å². The number of nitrogens with one attached hydrogen (secondary N) is 1. The lowest BCUT2D eigenvalue weighted by molar-refractivity contribution is -0.153. The summed E-state index contributed by atoms with van der Waals surface area (Å²) in [4.78, 5) is 20.6. The van der Waals surface area contributed by atoms with Gasteiger partial charge in [-0.2, -0.15) is 18.2 Å². The van der Waals surface area contributed by atoms with Crippen LogP contribution in [0.1, 0.15) is 17.3 Å². The Morgan fingerprint density at radius 3 is 2.71 bits per heavy atom. The molecule has 2 heterocycles. The fourth-order valence-electron chi connectivity index (χ4n) is 2.96. The van der Waals surface area contributed by atoms with Gasteiger partial charge in [-0.15, -0.1) is 0 Å². The lowest BCUT2D eigenvalue weighted by Gasteiger charge is -2.08. The van der Waals surface area contributed by atoms with Gasteiger partial charge < -0.3 is 18.5 Å². The second-order valence-electron chi connectivity index (χ2n) is 6.60. The Morgan fingerprint density at radius 2 is 1.97 bits per heavy atom. The number of nitrogens with zero attached hydrogens (tertiary/aromatic N) is 3. The summed E-state index contributed by atoms with van der Waals surface area (Å²) in [5.41, 5.74) is 2.40. The van der Waals surface area contributed by atoms with Gasteiger partial charge in [0.1, 0.15) is 11.3 Å². The number of oxazole rings is 1.